The summed E-state index contributed by atoms with van der Waals surface area (Å²) in [6.07, 6.45) is 5.08. The Morgan fingerprint density at radius 3 is 2.81 bits per heavy atom. The van der Waals surface area contributed by atoms with Crippen molar-refractivity contribution in [3.05, 3.63) is 23.8 Å². The lowest BCUT2D eigenvalue weighted by molar-refractivity contribution is -0.133. The van der Waals surface area contributed by atoms with Gasteiger partial charge in [-0.15, -0.1) is 0 Å². The molecule has 1 amide bonds. The average molecular weight is 393 g/mol. The lowest BCUT2D eigenvalue weighted by atomic mass is 9.93. The molecule has 0 unspecified atom stereocenters. The van der Waals surface area contributed by atoms with E-state index in [1.807, 2.05) is 24.3 Å². The van der Waals surface area contributed by atoms with Crippen molar-refractivity contribution in [2.45, 2.75) is 45.2 Å². The normalized spacial score (nSPS) is 20.5. The van der Waals surface area contributed by atoms with Crippen molar-refractivity contribution < 1.29 is 9.53 Å². The summed E-state index contributed by atoms with van der Waals surface area (Å²) in [4.78, 5) is 19.3. The maximum atomic E-state index is 12.8. The van der Waals surface area contributed by atoms with E-state index >= 15 is 0 Å². The van der Waals surface area contributed by atoms with Crippen LogP contribution in [0.5, 0.6) is 0 Å². The minimum atomic E-state index is -0.248. The third-order valence-electron chi connectivity index (χ3n) is 4.73. The van der Waals surface area contributed by atoms with Gasteiger partial charge in [-0.05, 0) is 20.8 Å². The molecule has 8 nitrogen and oxygen atoms in total. The number of anilines is 1. The Morgan fingerprint density at radius 2 is 2.19 bits per heavy atom. The predicted molar refractivity (Wildman–Crippen MR) is 105 cm³/mol. The number of methoxy groups -OCH3 is 1. The monoisotopic (exact) mass is 392 g/mol. The number of hydrogen-bond acceptors (Lipinski definition) is 7. The number of aryl methyl sites for hydroxylation is 1. The second-order valence-corrected chi connectivity index (χ2v) is 8.68. The second-order valence-electron chi connectivity index (χ2n) is 7.93. The number of likely N-dealkylation sites (tertiary alicyclic amines) is 1. The van der Waals surface area contributed by atoms with Gasteiger partial charge >= 0.3 is 0 Å². The Hall–Kier alpha value is -2.00. The number of ether oxygens (including phenoxy) is 1. The molecule has 2 aromatic rings. The molecule has 0 aliphatic carbocycles. The van der Waals surface area contributed by atoms with Crippen molar-refractivity contribution in [3.8, 4) is 0 Å². The fourth-order valence-corrected chi connectivity index (χ4v) is 4.25. The molecule has 1 aliphatic rings. The van der Waals surface area contributed by atoms with Gasteiger partial charge < -0.3 is 15.0 Å². The number of aromatic nitrogens is 4. The highest BCUT2D eigenvalue weighted by Crippen LogP contribution is 2.42. The predicted octanol–water partition coefficient (Wildman–Crippen LogP) is 2.26. The average Bonchev–Trinajstić information content (AvgIpc) is 3.28. The fraction of sp³-hybridized carbons (Fsp3) is 0.667. The Labute approximate surface area is 164 Å². The molecular weight excluding hydrogens is 364 g/mol. The molecule has 27 heavy (non-hydrogen) atoms. The Morgan fingerprint density at radius 1 is 1.41 bits per heavy atom. The zero-order valence-corrected chi connectivity index (χ0v) is 17.4. The van der Waals surface area contributed by atoms with Gasteiger partial charge in [-0.1, -0.05) is 0 Å². The van der Waals surface area contributed by atoms with Crippen molar-refractivity contribution >= 4 is 22.6 Å². The first kappa shape index (κ1) is 19.8. The van der Waals surface area contributed by atoms with Gasteiger partial charge in [-0.25, -0.2) is 4.98 Å². The van der Waals surface area contributed by atoms with Crippen molar-refractivity contribution in [2.75, 3.05) is 25.6 Å². The molecule has 1 fully saturated rings. The smallest absolute Gasteiger partial charge is 0.223 e. The zero-order chi connectivity index (χ0) is 19.6. The summed E-state index contributed by atoms with van der Waals surface area (Å²) >= 11 is 1.35. The minimum absolute atomic E-state index is 0.000386. The standard InChI is InChI=1S/C18H28N6O2S/c1-18(2,3)24-15(25)8-12(16(24)13-10-20-23(4)11-13)9-19-17-21-14(22-27-17)6-7-26-5/h10-12,16H,6-9H2,1-5H3,(H,19,21,22)/t12-,16+/m0/s1. The van der Waals surface area contributed by atoms with Crippen LogP contribution in [-0.2, 0) is 23.0 Å². The van der Waals surface area contributed by atoms with E-state index in [1.54, 1.807) is 11.8 Å². The van der Waals surface area contributed by atoms with E-state index in [0.29, 0.717) is 26.0 Å². The van der Waals surface area contributed by atoms with Crippen molar-refractivity contribution in [1.82, 2.24) is 24.0 Å². The minimum Gasteiger partial charge on any atom is -0.384 e. The highest BCUT2D eigenvalue weighted by molar-refractivity contribution is 7.09. The summed E-state index contributed by atoms with van der Waals surface area (Å²) in [7, 11) is 3.57. The molecule has 1 aliphatic heterocycles. The molecule has 3 rings (SSSR count). The Kier molecular flexibility index (Phi) is 5.81. The van der Waals surface area contributed by atoms with Crippen LogP contribution in [0.1, 0.15) is 44.6 Å². The molecule has 3 heterocycles. The first-order valence-electron chi connectivity index (χ1n) is 9.15. The summed E-state index contributed by atoms with van der Waals surface area (Å²) in [5, 5.41) is 8.48. The van der Waals surface area contributed by atoms with Crippen LogP contribution < -0.4 is 5.32 Å². The molecular formula is C18H28N6O2S. The molecule has 1 N–H and O–H groups in total. The SMILES string of the molecule is COCCc1nsc(NC[C@@H]2CC(=O)N(C(C)(C)C)[C@H]2c2cnn(C)c2)n1. The van der Waals surface area contributed by atoms with Gasteiger partial charge in [-0.3, -0.25) is 9.48 Å². The molecule has 0 spiro atoms. The quantitative estimate of drug-likeness (QED) is 0.778. The van der Waals surface area contributed by atoms with Crippen molar-refractivity contribution in [3.63, 3.8) is 0 Å². The van der Waals surface area contributed by atoms with E-state index in [-0.39, 0.29) is 23.4 Å². The van der Waals surface area contributed by atoms with Gasteiger partial charge in [-0.2, -0.15) is 9.47 Å². The molecule has 0 bridgehead atoms. The molecule has 148 valence electrons. The number of carbonyl (C=O) groups excluding carboxylic acids is 1. The van der Waals surface area contributed by atoms with Gasteiger partial charge in [0.05, 0.1) is 18.8 Å². The van der Waals surface area contributed by atoms with Crippen LogP contribution in [-0.4, -0.2) is 55.7 Å². The number of nitrogens with one attached hydrogen (secondary N) is 1. The van der Waals surface area contributed by atoms with E-state index in [2.05, 4.69) is 40.5 Å². The van der Waals surface area contributed by atoms with Gasteiger partial charge in [0.2, 0.25) is 11.0 Å². The van der Waals surface area contributed by atoms with Gasteiger partial charge in [0.1, 0.15) is 5.82 Å². The summed E-state index contributed by atoms with van der Waals surface area (Å²) < 4.78 is 11.2. The van der Waals surface area contributed by atoms with E-state index < -0.39 is 0 Å². The first-order valence-corrected chi connectivity index (χ1v) is 9.93. The summed E-state index contributed by atoms with van der Waals surface area (Å²) in [5.74, 6) is 1.11. The van der Waals surface area contributed by atoms with Crippen LogP contribution in [0.4, 0.5) is 5.13 Å². The molecule has 0 saturated carbocycles. The van der Waals surface area contributed by atoms with E-state index in [4.69, 9.17) is 4.74 Å². The Bertz CT molecular complexity index is 781. The van der Waals surface area contributed by atoms with Gasteiger partial charge in [0.15, 0.2) is 0 Å². The second kappa shape index (κ2) is 7.93. The van der Waals surface area contributed by atoms with Gasteiger partial charge in [0, 0.05) is 68.3 Å². The molecule has 2 aromatic heterocycles. The van der Waals surface area contributed by atoms with Crippen molar-refractivity contribution in [2.24, 2.45) is 13.0 Å². The first-order chi connectivity index (χ1) is 12.8. The summed E-state index contributed by atoms with van der Waals surface area (Å²) in [6.45, 7) is 7.51. The number of hydrogen-bond donors (Lipinski definition) is 1. The maximum Gasteiger partial charge on any atom is 0.223 e. The van der Waals surface area contributed by atoms with Crippen molar-refractivity contribution in [1.29, 1.82) is 0 Å². The van der Waals surface area contributed by atoms with Gasteiger partial charge in [0.25, 0.3) is 0 Å². The number of carbonyl (C=O) groups is 1. The zero-order valence-electron chi connectivity index (χ0n) is 16.6. The van der Waals surface area contributed by atoms with E-state index in [1.165, 1.54) is 11.5 Å². The third kappa shape index (κ3) is 4.47. The van der Waals surface area contributed by atoms with Crippen LogP contribution >= 0.6 is 11.5 Å². The highest BCUT2D eigenvalue weighted by atomic mass is 32.1. The maximum absolute atomic E-state index is 12.8. The van der Waals surface area contributed by atoms with E-state index in [0.717, 1.165) is 16.5 Å². The summed E-state index contributed by atoms with van der Waals surface area (Å²) in [5.41, 5.74) is 0.825. The third-order valence-corrected chi connectivity index (χ3v) is 5.44. The van der Waals surface area contributed by atoms with E-state index in [9.17, 15) is 4.79 Å². The highest BCUT2D eigenvalue weighted by Gasteiger charge is 2.45. The largest absolute Gasteiger partial charge is 0.384 e. The number of rotatable bonds is 7. The molecule has 9 heteroatoms. The lowest BCUT2D eigenvalue weighted by Crippen LogP contribution is -2.44. The number of amides is 1. The molecule has 0 aromatic carbocycles. The lowest BCUT2D eigenvalue weighted by Gasteiger charge is -2.38. The molecule has 2 atom stereocenters. The molecule has 1 saturated heterocycles. The Balaban J connectivity index is 1.74. The topological polar surface area (TPSA) is 85.2 Å². The van der Waals surface area contributed by atoms with Crippen LogP contribution in [0.15, 0.2) is 12.4 Å². The summed E-state index contributed by atoms with van der Waals surface area (Å²) in [6, 6.07) is -0.000386. The number of nitrogens with zero attached hydrogens (tertiary/aromatic N) is 5. The molecule has 0 radical (unpaired) electrons. The van der Waals surface area contributed by atoms with Crippen LogP contribution in [0, 0.1) is 5.92 Å². The van der Waals surface area contributed by atoms with Crippen LogP contribution in [0.2, 0.25) is 0 Å². The van der Waals surface area contributed by atoms with Crippen LogP contribution in [0.3, 0.4) is 0 Å². The fourth-order valence-electron chi connectivity index (χ4n) is 3.63. The van der Waals surface area contributed by atoms with Crippen LogP contribution in [0.25, 0.3) is 0 Å².